The van der Waals surface area contributed by atoms with Gasteiger partial charge in [0.2, 0.25) is 11.8 Å². The largest absolute Gasteiger partial charge is 0.385 e. The van der Waals surface area contributed by atoms with E-state index in [1.165, 1.54) is 7.05 Å². The van der Waals surface area contributed by atoms with Crippen LogP contribution in [0.25, 0.3) is 10.9 Å². The summed E-state index contributed by atoms with van der Waals surface area (Å²) < 4.78 is 2.11. The van der Waals surface area contributed by atoms with Crippen molar-refractivity contribution >= 4 is 52.2 Å². The lowest BCUT2D eigenvalue weighted by atomic mass is 10.1. The molecule has 1 aliphatic rings. The SMILES string of the molecule is CNC(=O)CCC(C=O)N1C(=O)c2cccc(NCCCCCCNc3ccc(Cn4ccc5ccc(C(N)=O)cc54)cc3)c2C1=O. The van der Waals surface area contributed by atoms with Gasteiger partial charge in [0.05, 0.1) is 17.2 Å². The molecule has 0 fully saturated rings. The highest BCUT2D eigenvalue weighted by atomic mass is 16.2. The zero-order chi connectivity index (χ0) is 33.3. The van der Waals surface area contributed by atoms with Gasteiger partial charge in [0.15, 0.2) is 0 Å². The maximum absolute atomic E-state index is 13.2. The molecule has 0 aliphatic carbocycles. The molecule has 5 N–H and O–H groups in total. The normalized spacial score (nSPS) is 13.0. The summed E-state index contributed by atoms with van der Waals surface area (Å²) in [5.41, 5.74) is 10.2. The van der Waals surface area contributed by atoms with E-state index in [-0.39, 0.29) is 29.9 Å². The summed E-state index contributed by atoms with van der Waals surface area (Å²) in [6.45, 7) is 2.18. The molecular formula is C36H40N6O5. The van der Waals surface area contributed by atoms with Crippen molar-refractivity contribution in [2.24, 2.45) is 5.73 Å². The number of nitrogens with zero attached hydrogens (tertiary/aromatic N) is 2. The maximum Gasteiger partial charge on any atom is 0.264 e. The van der Waals surface area contributed by atoms with Crippen LogP contribution in [0.5, 0.6) is 0 Å². The number of nitrogens with one attached hydrogen (secondary N) is 3. The maximum atomic E-state index is 13.2. The topological polar surface area (TPSA) is 156 Å². The van der Waals surface area contributed by atoms with Crippen molar-refractivity contribution in [3.05, 3.63) is 95.2 Å². The van der Waals surface area contributed by atoms with E-state index in [0.29, 0.717) is 30.6 Å². The minimum absolute atomic E-state index is 0.0370. The molecule has 1 aliphatic heterocycles. The van der Waals surface area contributed by atoms with Gasteiger partial charge in [-0.1, -0.05) is 37.1 Å². The smallest absolute Gasteiger partial charge is 0.264 e. The molecular weight excluding hydrogens is 596 g/mol. The van der Waals surface area contributed by atoms with Gasteiger partial charge < -0.3 is 31.0 Å². The van der Waals surface area contributed by atoms with Gasteiger partial charge in [-0.3, -0.25) is 24.1 Å². The second kappa shape index (κ2) is 15.2. The van der Waals surface area contributed by atoms with Crippen LogP contribution in [0.4, 0.5) is 11.4 Å². The molecule has 1 atom stereocenters. The van der Waals surface area contributed by atoms with Gasteiger partial charge in [-0.2, -0.15) is 0 Å². The number of aldehydes is 1. The van der Waals surface area contributed by atoms with E-state index in [1.54, 1.807) is 24.3 Å². The second-order valence-electron chi connectivity index (χ2n) is 11.7. The number of benzene rings is 3. The summed E-state index contributed by atoms with van der Waals surface area (Å²) in [6, 6.07) is 19.9. The van der Waals surface area contributed by atoms with Gasteiger partial charge in [-0.05, 0) is 72.7 Å². The number of fused-ring (bicyclic) bond motifs is 2. The van der Waals surface area contributed by atoms with Crippen molar-refractivity contribution in [3.8, 4) is 0 Å². The molecule has 47 heavy (non-hydrogen) atoms. The van der Waals surface area contributed by atoms with Crippen LogP contribution in [0.1, 0.15) is 75.2 Å². The molecule has 0 spiro atoms. The summed E-state index contributed by atoms with van der Waals surface area (Å²) in [5.74, 6) is -1.73. The Kier molecular flexibility index (Phi) is 10.7. The number of primary amides is 1. The van der Waals surface area contributed by atoms with Crippen molar-refractivity contribution in [2.75, 3.05) is 30.8 Å². The number of carbonyl (C=O) groups is 5. The molecule has 0 radical (unpaired) electrons. The zero-order valence-corrected chi connectivity index (χ0v) is 26.5. The molecule has 4 amide bonds. The molecule has 4 aromatic rings. The highest BCUT2D eigenvalue weighted by Gasteiger charge is 2.41. The number of anilines is 2. The van der Waals surface area contributed by atoms with Gasteiger partial charge >= 0.3 is 0 Å². The molecule has 0 bridgehead atoms. The van der Waals surface area contributed by atoms with E-state index >= 15 is 0 Å². The average Bonchev–Trinajstić information content (AvgIpc) is 3.60. The van der Waals surface area contributed by atoms with E-state index in [4.69, 9.17) is 5.73 Å². The quantitative estimate of drug-likeness (QED) is 0.0752. The Morgan fingerprint density at radius 1 is 0.894 bits per heavy atom. The van der Waals surface area contributed by atoms with Gasteiger partial charge in [0.1, 0.15) is 6.29 Å². The van der Waals surface area contributed by atoms with Crippen LogP contribution in [0.2, 0.25) is 0 Å². The number of hydrogen-bond acceptors (Lipinski definition) is 7. The summed E-state index contributed by atoms with van der Waals surface area (Å²) >= 11 is 0. The molecule has 5 rings (SSSR count). The standard InChI is InChI=1S/C36H40N6O5/c1-38-32(44)16-15-28(23-43)42-35(46)29-7-6-8-30(33(29)36(42)47)40-19-5-3-2-4-18-39-27-13-9-24(10-14-27)22-41-20-17-25-11-12-26(34(37)45)21-31(25)41/h6-14,17,20-21,23,28,39-40H,2-5,15-16,18-19,22H2,1H3,(H2,37,45)(H,38,44). The highest BCUT2D eigenvalue weighted by molar-refractivity contribution is 6.24. The molecule has 11 nitrogen and oxygen atoms in total. The predicted molar refractivity (Wildman–Crippen MR) is 182 cm³/mol. The summed E-state index contributed by atoms with van der Waals surface area (Å²) in [4.78, 5) is 62.2. The Morgan fingerprint density at radius 3 is 2.34 bits per heavy atom. The minimum atomic E-state index is -0.996. The van der Waals surface area contributed by atoms with Crippen molar-refractivity contribution in [1.29, 1.82) is 0 Å². The lowest BCUT2D eigenvalue weighted by molar-refractivity contribution is -0.121. The van der Waals surface area contributed by atoms with Gasteiger partial charge in [0, 0.05) is 61.8 Å². The molecule has 2 heterocycles. The second-order valence-corrected chi connectivity index (χ2v) is 11.7. The van der Waals surface area contributed by atoms with Gasteiger partial charge in [0.25, 0.3) is 11.8 Å². The molecule has 1 unspecified atom stereocenters. The fraction of sp³-hybridized carbons (Fsp3) is 0.306. The average molecular weight is 637 g/mol. The Bertz CT molecular complexity index is 1780. The number of hydrogen-bond donors (Lipinski definition) is 4. The van der Waals surface area contributed by atoms with Crippen LogP contribution in [0.15, 0.2) is 72.9 Å². The molecule has 1 aromatic heterocycles. The van der Waals surface area contributed by atoms with E-state index < -0.39 is 23.8 Å². The first kappa shape index (κ1) is 32.9. The Morgan fingerprint density at radius 2 is 1.64 bits per heavy atom. The number of nitrogens with two attached hydrogens (primary N) is 1. The van der Waals surface area contributed by atoms with Crippen molar-refractivity contribution in [3.63, 3.8) is 0 Å². The lowest BCUT2D eigenvalue weighted by Crippen LogP contribution is -2.41. The fourth-order valence-corrected chi connectivity index (χ4v) is 5.87. The molecule has 3 aromatic carbocycles. The Labute approximate surface area is 273 Å². The van der Waals surface area contributed by atoms with Crippen LogP contribution in [-0.2, 0) is 16.1 Å². The molecule has 0 saturated heterocycles. The third-order valence-electron chi connectivity index (χ3n) is 8.49. The first-order valence-electron chi connectivity index (χ1n) is 15.9. The molecule has 244 valence electrons. The first-order chi connectivity index (χ1) is 22.8. The Hall–Kier alpha value is -5.45. The van der Waals surface area contributed by atoms with Gasteiger partial charge in [-0.15, -0.1) is 0 Å². The summed E-state index contributed by atoms with van der Waals surface area (Å²) in [5, 5.41) is 10.3. The van der Waals surface area contributed by atoms with Crippen molar-refractivity contribution < 1.29 is 24.0 Å². The Balaban J connectivity index is 1.03. The van der Waals surface area contributed by atoms with Crippen LogP contribution in [0.3, 0.4) is 0 Å². The highest BCUT2D eigenvalue weighted by Crippen LogP contribution is 2.31. The number of imide groups is 1. The third kappa shape index (κ3) is 7.69. The zero-order valence-electron chi connectivity index (χ0n) is 26.5. The van der Waals surface area contributed by atoms with E-state index in [0.717, 1.165) is 59.3 Å². The number of carbonyl (C=O) groups excluding carboxylic acids is 5. The van der Waals surface area contributed by atoms with E-state index in [2.05, 4.69) is 44.8 Å². The minimum Gasteiger partial charge on any atom is -0.385 e. The number of amides is 4. The lowest BCUT2D eigenvalue weighted by Gasteiger charge is -2.21. The van der Waals surface area contributed by atoms with E-state index in [9.17, 15) is 24.0 Å². The fourth-order valence-electron chi connectivity index (χ4n) is 5.87. The van der Waals surface area contributed by atoms with Crippen molar-refractivity contribution in [1.82, 2.24) is 14.8 Å². The molecule has 11 heteroatoms. The third-order valence-corrected chi connectivity index (χ3v) is 8.49. The van der Waals surface area contributed by atoms with Crippen LogP contribution < -0.4 is 21.7 Å². The number of unbranched alkanes of at least 4 members (excludes halogenated alkanes) is 3. The molecule has 0 saturated carbocycles. The summed E-state index contributed by atoms with van der Waals surface area (Å²) in [6.07, 6.45) is 6.61. The van der Waals surface area contributed by atoms with Crippen LogP contribution in [-0.4, -0.2) is 65.6 Å². The van der Waals surface area contributed by atoms with Crippen molar-refractivity contribution in [2.45, 2.75) is 51.1 Å². The van der Waals surface area contributed by atoms with Gasteiger partial charge in [-0.25, -0.2) is 0 Å². The number of rotatable bonds is 17. The summed E-state index contributed by atoms with van der Waals surface area (Å²) in [7, 11) is 1.50. The van der Waals surface area contributed by atoms with Crippen LogP contribution in [0, 0.1) is 0 Å². The van der Waals surface area contributed by atoms with Crippen LogP contribution >= 0.6 is 0 Å². The predicted octanol–water partition coefficient (Wildman–Crippen LogP) is 4.56. The monoisotopic (exact) mass is 636 g/mol. The number of aromatic nitrogens is 1. The van der Waals surface area contributed by atoms with E-state index in [1.807, 2.05) is 24.4 Å². The first-order valence-corrected chi connectivity index (χ1v) is 15.9.